The van der Waals surface area contributed by atoms with Crippen LogP contribution in [0.5, 0.6) is 0 Å². The minimum Gasteiger partial charge on any atom is -0.467 e. The molecule has 1 aliphatic heterocycles. The molecular formula is C30H32O7S. The Labute approximate surface area is 227 Å². The molecule has 0 unspecified atom stereocenters. The third-order valence-corrected chi connectivity index (χ3v) is 7.23. The molecule has 0 N–H and O–H groups in total. The van der Waals surface area contributed by atoms with Gasteiger partial charge in [0, 0.05) is 11.8 Å². The Morgan fingerprint density at radius 2 is 1.34 bits per heavy atom. The number of thioether (sulfide) groups is 1. The molecular weight excluding hydrogens is 504 g/mol. The SMILES string of the molecule is COC(=O)[C@H]1O[C@@H](Sc2ccc(C)cc2)[C@H](OCc2ccccc2)[C@@H](OCc2ccccc2)[C@@H]1OC(C)=O. The number of esters is 2. The first-order valence-electron chi connectivity index (χ1n) is 12.4. The van der Waals surface area contributed by atoms with Gasteiger partial charge in [0.15, 0.2) is 12.2 Å². The van der Waals surface area contributed by atoms with Crippen LogP contribution in [0.15, 0.2) is 89.8 Å². The first-order chi connectivity index (χ1) is 18.4. The van der Waals surface area contributed by atoms with E-state index in [2.05, 4.69) is 0 Å². The monoisotopic (exact) mass is 536 g/mol. The summed E-state index contributed by atoms with van der Waals surface area (Å²) >= 11 is 1.42. The molecule has 0 aliphatic carbocycles. The summed E-state index contributed by atoms with van der Waals surface area (Å²) < 4.78 is 29.8. The third kappa shape index (κ3) is 7.45. The number of rotatable bonds is 10. The number of aryl methyl sites for hydroxylation is 1. The molecule has 200 valence electrons. The van der Waals surface area contributed by atoms with E-state index in [1.54, 1.807) is 0 Å². The van der Waals surface area contributed by atoms with Gasteiger partial charge >= 0.3 is 11.9 Å². The molecule has 0 spiro atoms. The van der Waals surface area contributed by atoms with Gasteiger partial charge in [-0.3, -0.25) is 4.79 Å². The molecule has 1 saturated heterocycles. The Kier molecular flexibility index (Phi) is 9.95. The van der Waals surface area contributed by atoms with Gasteiger partial charge in [0.2, 0.25) is 0 Å². The lowest BCUT2D eigenvalue weighted by molar-refractivity contribution is -0.243. The predicted molar refractivity (Wildman–Crippen MR) is 143 cm³/mol. The van der Waals surface area contributed by atoms with Crippen LogP contribution in [0.2, 0.25) is 0 Å². The van der Waals surface area contributed by atoms with Crippen LogP contribution < -0.4 is 0 Å². The van der Waals surface area contributed by atoms with Crippen molar-refractivity contribution >= 4 is 23.7 Å². The molecule has 1 aliphatic rings. The quantitative estimate of drug-likeness (QED) is 0.332. The van der Waals surface area contributed by atoms with Crippen molar-refractivity contribution in [2.75, 3.05) is 7.11 Å². The zero-order chi connectivity index (χ0) is 26.9. The van der Waals surface area contributed by atoms with Gasteiger partial charge < -0.3 is 23.7 Å². The maximum atomic E-state index is 12.9. The second-order valence-corrected chi connectivity index (χ2v) is 10.1. The van der Waals surface area contributed by atoms with Crippen LogP contribution in [0.1, 0.15) is 23.6 Å². The van der Waals surface area contributed by atoms with Crippen LogP contribution in [0.4, 0.5) is 0 Å². The highest BCUT2D eigenvalue weighted by Gasteiger charge is 2.52. The van der Waals surface area contributed by atoms with Gasteiger partial charge in [0.25, 0.3) is 0 Å². The number of ether oxygens (including phenoxy) is 5. The van der Waals surface area contributed by atoms with Gasteiger partial charge in [-0.2, -0.15) is 0 Å². The highest BCUT2D eigenvalue weighted by molar-refractivity contribution is 7.99. The van der Waals surface area contributed by atoms with Crippen molar-refractivity contribution in [2.24, 2.45) is 0 Å². The lowest BCUT2D eigenvalue weighted by atomic mass is 9.98. The molecule has 38 heavy (non-hydrogen) atoms. The van der Waals surface area contributed by atoms with Crippen LogP contribution >= 0.6 is 11.8 Å². The molecule has 7 nitrogen and oxygen atoms in total. The molecule has 3 aromatic carbocycles. The van der Waals surface area contributed by atoms with E-state index in [9.17, 15) is 9.59 Å². The Morgan fingerprint density at radius 3 is 1.87 bits per heavy atom. The Hall–Kier alpha value is -3.17. The molecule has 0 amide bonds. The minimum atomic E-state index is -1.19. The average Bonchev–Trinajstić information content (AvgIpc) is 2.93. The van der Waals surface area contributed by atoms with E-state index in [1.165, 1.54) is 25.8 Å². The molecule has 4 rings (SSSR count). The molecule has 5 atom stereocenters. The summed E-state index contributed by atoms with van der Waals surface area (Å²) in [6.45, 7) is 3.81. The third-order valence-electron chi connectivity index (χ3n) is 6.07. The van der Waals surface area contributed by atoms with Gasteiger partial charge in [-0.15, -0.1) is 0 Å². The summed E-state index contributed by atoms with van der Waals surface area (Å²) in [5, 5.41) is 0. The van der Waals surface area contributed by atoms with Gasteiger partial charge in [-0.05, 0) is 30.2 Å². The summed E-state index contributed by atoms with van der Waals surface area (Å²) in [6, 6.07) is 27.4. The van der Waals surface area contributed by atoms with Crippen LogP contribution in [-0.2, 0) is 46.5 Å². The molecule has 3 aromatic rings. The van der Waals surface area contributed by atoms with Gasteiger partial charge in [0.05, 0.1) is 20.3 Å². The lowest BCUT2D eigenvalue weighted by Crippen LogP contribution is -2.61. The number of benzene rings is 3. The zero-order valence-electron chi connectivity index (χ0n) is 21.6. The van der Waals surface area contributed by atoms with Crippen molar-refractivity contribution in [3.05, 3.63) is 102 Å². The van der Waals surface area contributed by atoms with E-state index in [0.29, 0.717) is 0 Å². The van der Waals surface area contributed by atoms with Gasteiger partial charge in [-0.1, -0.05) is 90.1 Å². The van der Waals surface area contributed by atoms with E-state index >= 15 is 0 Å². The van der Waals surface area contributed by atoms with Crippen molar-refractivity contribution in [3.63, 3.8) is 0 Å². The van der Waals surface area contributed by atoms with Crippen LogP contribution in [0.3, 0.4) is 0 Å². The number of carbonyl (C=O) groups is 2. The van der Waals surface area contributed by atoms with E-state index in [1.807, 2.05) is 91.9 Å². The van der Waals surface area contributed by atoms with Crippen molar-refractivity contribution in [1.82, 2.24) is 0 Å². The van der Waals surface area contributed by atoms with E-state index < -0.39 is 41.8 Å². The predicted octanol–water partition coefficient (Wildman–Crippen LogP) is 5.09. The maximum Gasteiger partial charge on any atom is 0.339 e. The molecule has 0 aromatic heterocycles. The first-order valence-corrected chi connectivity index (χ1v) is 13.3. The molecule has 1 heterocycles. The molecule has 1 fully saturated rings. The Balaban J connectivity index is 1.69. The second-order valence-electron chi connectivity index (χ2n) is 8.98. The molecule has 0 saturated carbocycles. The molecule has 8 heteroatoms. The Morgan fingerprint density at radius 1 is 0.789 bits per heavy atom. The normalized spacial score (nSPS) is 23.0. The summed E-state index contributed by atoms with van der Waals surface area (Å²) in [7, 11) is 1.27. The lowest BCUT2D eigenvalue weighted by Gasteiger charge is -2.44. The summed E-state index contributed by atoms with van der Waals surface area (Å²) in [5.74, 6) is -1.21. The summed E-state index contributed by atoms with van der Waals surface area (Å²) in [4.78, 5) is 25.9. The van der Waals surface area contributed by atoms with Crippen molar-refractivity contribution < 1.29 is 33.3 Å². The zero-order valence-corrected chi connectivity index (χ0v) is 22.5. The smallest absolute Gasteiger partial charge is 0.339 e. The molecule has 0 bridgehead atoms. The number of methoxy groups -OCH3 is 1. The highest BCUT2D eigenvalue weighted by Crippen LogP contribution is 2.38. The standard InChI is InChI=1S/C30H32O7S/c1-20-14-16-24(17-15-20)38-30-28(35-19-23-12-8-5-9-13-23)25(34-18-22-10-6-4-7-11-22)26(36-21(2)31)27(37-30)29(32)33-3/h4-17,25-28,30H,18-19H2,1-3H3/t25-,26-,27-,28+,30-/m0/s1. The van der Waals surface area contributed by atoms with Crippen molar-refractivity contribution in [1.29, 1.82) is 0 Å². The van der Waals surface area contributed by atoms with Gasteiger partial charge in [-0.25, -0.2) is 4.79 Å². The maximum absolute atomic E-state index is 12.9. The average molecular weight is 537 g/mol. The number of hydrogen-bond donors (Lipinski definition) is 0. The highest BCUT2D eigenvalue weighted by atomic mass is 32.2. The van der Waals surface area contributed by atoms with E-state index in [-0.39, 0.29) is 13.2 Å². The van der Waals surface area contributed by atoms with E-state index in [0.717, 1.165) is 21.6 Å². The topological polar surface area (TPSA) is 80.3 Å². The second kappa shape index (κ2) is 13.6. The minimum absolute atomic E-state index is 0.226. The fraction of sp³-hybridized carbons (Fsp3) is 0.333. The summed E-state index contributed by atoms with van der Waals surface area (Å²) in [6.07, 6.45) is -3.76. The number of hydrogen-bond acceptors (Lipinski definition) is 8. The van der Waals surface area contributed by atoms with Crippen LogP contribution in [0.25, 0.3) is 0 Å². The van der Waals surface area contributed by atoms with Crippen LogP contribution in [0, 0.1) is 6.92 Å². The first kappa shape index (κ1) is 27.9. The fourth-order valence-electron chi connectivity index (χ4n) is 4.18. The van der Waals surface area contributed by atoms with Gasteiger partial charge in [0.1, 0.15) is 17.6 Å². The number of carbonyl (C=O) groups excluding carboxylic acids is 2. The fourth-order valence-corrected chi connectivity index (χ4v) is 5.29. The van der Waals surface area contributed by atoms with Crippen LogP contribution in [-0.4, -0.2) is 48.9 Å². The largest absolute Gasteiger partial charge is 0.467 e. The van der Waals surface area contributed by atoms with Crippen molar-refractivity contribution in [2.45, 2.75) is 61.8 Å². The Bertz CT molecular complexity index is 1170. The van der Waals surface area contributed by atoms with E-state index in [4.69, 9.17) is 23.7 Å². The molecule has 0 radical (unpaired) electrons. The summed E-state index contributed by atoms with van der Waals surface area (Å²) in [5.41, 5.74) is 2.37. The van der Waals surface area contributed by atoms with Crippen molar-refractivity contribution in [3.8, 4) is 0 Å².